The monoisotopic (exact) mass is 669 g/mol. The highest BCUT2D eigenvalue weighted by atomic mass is 35.5. The molecule has 0 aromatic carbocycles. The Kier molecular flexibility index (Phi) is 13.8. The van der Waals surface area contributed by atoms with Crippen LogP contribution in [0.15, 0.2) is 6.33 Å². The summed E-state index contributed by atoms with van der Waals surface area (Å²) >= 11 is 6.08. The molecule has 18 heteroatoms. The lowest BCUT2D eigenvalue weighted by Gasteiger charge is -2.18. The zero-order chi connectivity index (χ0) is 31.6. The summed E-state index contributed by atoms with van der Waals surface area (Å²) in [5, 5.41) is 23.4. The van der Waals surface area contributed by atoms with E-state index in [4.69, 9.17) is 30.9 Å². The van der Waals surface area contributed by atoms with Crippen molar-refractivity contribution in [2.24, 2.45) is 0 Å². The minimum absolute atomic E-state index is 0.0370. The molecule has 2 unspecified atom stereocenters. The first kappa shape index (κ1) is 35.8. The van der Waals surface area contributed by atoms with Crippen molar-refractivity contribution in [3.8, 4) is 0 Å². The zero-order valence-electron chi connectivity index (χ0n) is 24.1. The minimum atomic E-state index is -4.74. The van der Waals surface area contributed by atoms with Crippen LogP contribution in [0, 0.1) is 0 Å². The van der Waals surface area contributed by atoms with E-state index in [-0.39, 0.29) is 35.3 Å². The molecule has 0 radical (unpaired) electrons. The number of amides is 1. The van der Waals surface area contributed by atoms with E-state index in [9.17, 15) is 29.0 Å². The van der Waals surface area contributed by atoms with E-state index in [1.807, 2.05) is 0 Å². The van der Waals surface area contributed by atoms with Crippen LogP contribution in [0.3, 0.4) is 0 Å². The summed E-state index contributed by atoms with van der Waals surface area (Å²) in [7, 11) is -8.96. The second-order valence-corrected chi connectivity index (χ2v) is 15.8. The van der Waals surface area contributed by atoms with Crippen molar-refractivity contribution in [3.63, 3.8) is 0 Å². The Morgan fingerprint density at radius 1 is 1.02 bits per heavy atom. The maximum Gasteiger partial charge on any atom is 0.412 e. The number of hydrogen-bond acceptors (Lipinski definition) is 10. The van der Waals surface area contributed by atoms with Crippen LogP contribution >= 0.6 is 26.6 Å². The van der Waals surface area contributed by atoms with Gasteiger partial charge in [0.1, 0.15) is 18.1 Å². The molecular weight excluding hydrogens is 628 g/mol. The Morgan fingerprint density at radius 3 is 2.28 bits per heavy atom. The molecule has 3 rings (SSSR count). The van der Waals surface area contributed by atoms with Crippen molar-refractivity contribution < 1.29 is 48.3 Å². The second kappa shape index (κ2) is 16.6. The van der Waals surface area contributed by atoms with Crippen LogP contribution in [-0.2, 0) is 18.6 Å². The summed E-state index contributed by atoms with van der Waals surface area (Å²) < 4.78 is 35.6. The average molecular weight is 670 g/mol. The third-order valence-electron chi connectivity index (χ3n) is 7.13. The molecule has 244 valence electrons. The number of carbonyl (C=O) groups is 1. The number of halogens is 1. The number of anilines is 1. The van der Waals surface area contributed by atoms with Crippen LogP contribution < -0.4 is 5.32 Å². The quantitative estimate of drug-likeness (QED) is 0.0737. The van der Waals surface area contributed by atoms with Gasteiger partial charge in [0.25, 0.3) is 0 Å². The van der Waals surface area contributed by atoms with E-state index in [1.165, 1.54) is 49.4 Å². The summed E-state index contributed by atoms with van der Waals surface area (Å²) in [6.07, 6.45) is 5.80. The number of imidazole rings is 1. The first-order valence-corrected chi connectivity index (χ1v) is 18.7. The predicted molar refractivity (Wildman–Crippen MR) is 159 cm³/mol. The smallest absolute Gasteiger partial charge is 0.412 e. The molecule has 5 atom stereocenters. The molecule has 2 aromatic heterocycles. The Hall–Kier alpha value is -1.67. The Labute approximate surface area is 255 Å². The highest BCUT2D eigenvalue weighted by Crippen LogP contribution is 2.55. The van der Waals surface area contributed by atoms with Gasteiger partial charge in [0, 0.05) is 6.16 Å². The number of nitrogens with one attached hydrogen (secondary N) is 1. The molecule has 0 saturated carbocycles. The molecule has 0 bridgehead atoms. The standard InChI is InChI=1S/C25H42ClN5O10P2/c1-2-3-4-5-6-7-8-9-10-11-13-40-25(34)29-21-18-22(30-24(26)28-21)31(15-27-18)23-20(33)19(32)17(41-23)12-14-42(35,36)16-43(37,38)39/h15,17,19-20,23,32-33H,2-14,16H2,1H3,(H,35,36)(H2,37,38,39)(H,28,29,30,34)/t17-,19?,20+,23-/m1/s1. The van der Waals surface area contributed by atoms with Crippen LogP contribution in [0.4, 0.5) is 10.6 Å². The van der Waals surface area contributed by atoms with Crippen molar-refractivity contribution in [3.05, 3.63) is 11.6 Å². The van der Waals surface area contributed by atoms with Crippen molar-refractivity contribution in [2.45, 2.75) is 102 Å². The number of unbranched alkanes of at least 4 members (excludes halogenated alkanes) is 9. The molecule has 1 saturated heterocycles. The maximum absolute atomic E-state index is 12.4. The third kappa shape index (κ3) is 11.3. The number of aliphatic hydroxyl groups is 2. The van der Waals surface area contributed by atoms with Crippen LogP contribution in [0.5, 0.6) is 0 Å². The van der Waals surface area contributed by atoms with E-state index in [0.29, 0.717) is 0 Å². The lowest BCUT2D eigenvalue weighted by molar-refractivity contribution is -0.0354. The van der Waals surface area contributed by atoms with E-state index in [0.717, 1.165) is 25.7 Å². The lowest BCUT2D eigenvalue weighted by Crippen LogP contribution is -2.32. The topological polar surface area (TPSA) is 226 Å². The summed E-state index contributed by atoms with van der Waals surface area (Å²) in [6, 6.07) is 0. The second-order valence-electron chi connectivity index (χ2n) is 10.8. The van der Waals surface area contributed by atoms with Gasteiger partial charge in [0.2, 0.25) is 12.7 Å². The van der Waals surface area contributed by atoms with Gasteiger partial charge in [-0.15, -0.1) is 0 Å². The number of nitrogens with zero attached hydrogens (tertiary/aromatic N) is 4. The van der Waals surface area contributed by atoms with E-state index >= 15 is 0 Å². The van der Waals surface area contributed by atoms with Crippen molar-refractivity contribution >= 4 is 49.6 Å². The van der Waals surface area contributed by atoms with Crippen molar-refractivity contribution in [1.29, 1.82) is 0 Å². The minimum Gasteiger partial charge on any atom is -0.449 e. The Balaban J connectivity index is 1.53. The molecular formula is C25H42ClN5O10P2. The molecule has 0 spiro atoms. The SMILES string of the molecule is CCCCCCCCCCCCOC(=O)Nc1nc(Cl)nc2c1ncn2[C@@H]1O[C@H](CCP(=O)(O)CP(=O)(O)O)C(O)[C@@H]1O. The normalized spacial score (nSPS) is 22.1. The predicted octanol–water partition coefficient (Wildman–Crippen LogP) is 4.36. The summed E-state index contributed by atoms with van der Waals surface area (Å²) in [5.41, 5.74) is 0.173. The molecule has 1 aliphatic heterocycles. The van der Waals surface area contributed by atoms with Gasteiger partial charge in [-0.25, -0.2) is 9.78 Å². The first-order chi connectivity index (χ1) is 20.3. The first-order valence-electron chi connectivity index (χ1n) is 14.5. The molecule has 1 fully saturated rings. The summed E-state index contributed by atoms with van der Waals surface area (Å²) in [6.45, 7) is 2.43. The van der Waals surface area contributed by atoms with Gasteiger partial charge in [-0.05, 0) is 24.4 Å². The maximum atomic E-state index is 12.4. The molecule has 6 N–H and O–H groups in total. The third-order valence-corrected chi connectivity index (χ3v) is 11.5. The van der Waals surface area contributed by atoms with Gasteiger partial charge in [-0.3, -0.25) is 19.0 Å². The van der Waals surface area contributed by atoms with Crippen molar-refractivity contribution in [2.75, 3.05) is 24.0 Å². The number of aliphatic hydroxyl groups excluding tert-OH is 2. The van der Waals surface area contributed by atoms with E-state index < -0.39 is 57.7 Å². The number of hydrogen-bond donors (Lipinski definition) is 6. The molecule has 3 heterocycles. The zero-order valence-corrected chi connectivity index (χ0v) is 26.7. The largest absolute Gasteiger partial charge is 0.449 e. The van der Waals surface area contributed by atoms with Crippen LogP contribution in [-0.4, -0.2) is 87.5 Å². The molecule has 2 aromatic rings. The number of ether oxygens (including phenoxy) is 2. The van der Waals surface area contributed by atoms with Gasteiger partial charge in [0.05, 0.1) is 19.0 Å². The van der Waals surface area contributed by atoms with Gasteiger partial charge in [0.15, 0.2) is 23.2 Å². The fraction of sp³-hybridized carbons (Fsp3) is 0.760. The Morgan fingerprint density at radius 2 is 1.65 bits per heavy atom. The van der Waals surface area contributed by atoms with Crippen LogP contribution in [0.25, 0.3) is 11.2 Å². The molecule has 0 aliphatic carbocycles. The fourth-order valence-electron chi connectivity index (χ4n) is 4.94. The molecule has 1 amide bonds. The number of aromatic nitrogens is 4. The van der Waals surface area contributed by atoms with Gasteiger partial charge in [-0.1, -0.05) is 64.7 Å². The average Bonchev–Trinajstić information content (AvgIpc) is 3.45. The molecule has 15 nitrogen and oxygen atoms in total. The summed E-state index contributed by atoms with van der Waals surface area (Å²) in [4.78, 5) is 52.7. The highest BCUT2D eigenvalue weighted by Gasteiger charge is 2.45. The number of fused-ring (bicyclic) bond motifs is 1. The summed E-state index contributed by atoms with van der Waals surface area (Å²) in [5.74, 6) is -1.24. The van der Waals surface area contributed by atoms with Crippen molar-refractivity contribution in [1.82, 2.24) is 19.5 Å². The number of carbonyl (C=O) groups excluding carboxylic acids is 1. The van der Waals surface area contributed by atoms with Crippen LogP contribution in [0.2, 0.25) is 5.28 Å². The lowest BCUT2D eigenvalue weighted by atomic mass is 10.1. The fourth-order valence-corrected chi connectivity index (χ4v) is 8.63. The molecule has 43 heavy (non-hydrogen) atoms. The van der Waals surface area contributed by atoms with Gasteiger partial charge >= 0.3 is 13.7 Å². The van der Waals surface area contributed by atoms with E-state index in [1.54, 1.807) is 0 Å². The van der Waals surface area contributed by atoms with Crippen LogP contribution in [0.1, 0.15) is 83.8 Å². The van der Waals surface area contributed by atoms with Gasteiger partial charge < -0.3 is 34.4 Å². The van der Waals surface area contributed by atoms with Gasteiger partial charge in [-0.2, -0.15) is 9.97 Å². The van der Waals surface area contributed by atoms with E-state index in [2.05, 4.69) is 27.2 Å². The molecule has 1 aliphatic rings. The highest BCUT2D eigenvalue weighted by molar-refractivity contribution is 7.72. The number of rotatable bonds is 18. The Bertz CT molecular complexity index is 1290.